The molecule has 0 saturated heterocycles. The van der Waals surface area contributed by atoms with Gasteiger partial charge < -0.3 is 9.84 Å². The molecule has 0 fully saturated rings. The van der Waals surface area contributed by atoms with Gasteiger partial charge in [0.1, 0.15) is 0 Å². The molecule has 0 spiro atoms. The van der Waals surface area contributed by atoms with Gasteiger partial charge in [-0.15, -0.1) is 0 Å². The lowest BCUT2D eigenvalue weighted by atomic mass is 9.84. The molecule has 1 aliphatic carbocycles. The highest BCUT2D eigenvalue weighted by Crippen LogP contribution is 2.38. The Balaban J connectivity index is 2.23. The summed E-state index contributed by atoms with van der Waals surface area (Å²) in [7, 11) is 1.47. The molecule has 0 saturated carbocycles. The maximum Gasteiger partial charge on any atom is 0.197 e. The molecule has 0 amide bonds. The Bertz CT molecular complexity index is 644. The number of benzene rings is 2. The summed E-state index contributed by atoms with van der Waals surface area (Å²) in [5, 5.41) is 10.1. The molecule has 0 radical (unpaired) electrons. The molecule has 3 nitrogen and oxygen atoms in total. The Morgan fingerprint density at radius 2 is 1.89 bits per heavy atom. The normalized spacial score (nSPS) is 12.8. The van der Waals surface area contributed by atoms with Gasteiger partial charge >= 0.3 is 0 Å². The molecule has 1 N–H and O–H groups in total. The van der Waals surface area contributed by atoms with Crippen LogP contribution in [0.4, 0.5) is 0 Å². The third-order valence-corrected chi connectivity index (χ3v) is 3.32. The van der Waals surface area contributed by atoms with Gasteiger partial charge in [0.15, 0.2) is 17.3 Å². The van der Waals surface area contributed by atoms with Gasteiger partial charge in [-0.25, -0.2) is 0 Å². The van der Waals surface area contributed by atoms with Crippen LogP contribution in [0, 0.1) is 0 Å². The van der Waals surface area contributed by atoms with Crippen molar-refractivity contribution in [2.75, 3.05) is 7.11 Å². The minimum atomic E-state index is -0.136. The quantitative estimate of drug-likeness (QED) is 0.711. The summed E-state index contributed by atoms with van der Waals surface area (Å²) in [6.45, 7) is 0. The molecule has 0 aliphatic heterocycles. The maximum absolute atomic E-state index is 12.4. The molecule has 2 aromatic carbocycles. The second-order valence-electron chi connectivity index (χ2n) is 4.31. The Labute approximate surface area is 105 Å². The third-order valence-electron chi connectivity index (χ3n) is 3.32. The fraction of sp³-hybridized carbons (Fsp3) is 0.133. The highest BCUT2D eigenvalue weighted by Gasteiger charge is 2.27. The number of ether oxygens (including phenoxy) is 1. The standard InChI is InChI=1S/C15H12O3/c1-18-12-7-6-10-8-9-4-2-3-5-11(9)14(16)13(10)15(12)17/h2-7,17H,8H2,1H3. The monoisotopic (exact) mass is 240 g/mol. The number of hydrogen-bond acceptors (Lipinski definition) is 3. The van der Waals surface area contributed by atoms with Gasteiger partial charge in [-0.05, 0) is 23.6 Å². The van der Waals surface area contributed by atoms with E-state index in [1.54, 1.807) is 12.1 Å². The maximum atomic E-state index is 12.4. The van der Waals surface area contributed by atoms with Crippen LogP contribution in [-0.4, -0.2) is 18.0 Å². The molecule has 1 aliphatic rings. The minimum Gasteiger partial charge on any atom is -0.504 e. The lowest BCUT2D eigenvalue weighted by Gasteiger charge is -2.20. The molecule has 3 rings (SSSR count). The molecule has 0 aromatic heterocycles. The zero-order chi connectivity index (χ0) is 12.7. The number of phenols is 1. The summed E-state index contributed by atoms with van der Waals surface area (Å²) >= 11 is 0. The molecule has 0 atom stereocenters. The molecular formula is C15H12O3. The van der Waals surface area contributed by atoms with E-state index < -0.39 is 0 Å². The van der Waals surface area contributed by atoms with Crippen molar-refractivity contribution in [3.63, 3.8) is 0 Å². The van der Waals surface area contributed by atoms with Gasteiger partial charge in [-0.1, -0.05) is 30.3 Å². The van der Waals surface area contributed by atoms with E-state index in [-0.39, 0.29) is 11.5 Å². The van der Waals surface area contributed by atoms with E-state index >= 15 is 0 Å². The zero-order valence-corrected chi connectivity index (χ0v) is 9.93. The van der Waals surface area contributed by atoms with Gasteiger partial charge in [-0.3, -0.25) is 4.79 Å². The summed E-state index contributed by atoms with van der Waals surface area (Å²) < 4.78 is 5.05. The van der Waals surface area contributed by atoms with Crippen LogP contribution in [0.25, 0.3) is 0 Å². The molecule has 90 valence electrons. The number of aromatic hydroxyl groups is 1. The Morgan fingerprint density at radius 1 is 1.11 bits per heavy atom. The van der Waals surface area contributed by atoms with Crippen LogP contribution >= 0.6 is 0 Å². The fourth-order valence-corrected chi connectivity index (χ4v) is 2.42. The average Bonchev–Trinajstić information content (AvgIpc) is 2.39. The van der Waals surface area contributed by atoms with Gasteiger partial charge in [0, 0.05) is 5.56 Å². The van der Waals surface area contributed by atoms with Crippen molar-refractivity contribution < 1.29 is 14.6 Å². The topological polar surface area (TPSA) is 46.5 Å². The first-order valence-electron chi connectivity index (χ1n) is 5.74. The number of ketones is 1. The van der Waals surface area contributed by atoms with Gasteiger partial charge in [0.05, 0.1) is 12.7 Å². The number of fused-ring (bicyclic) bond motifs is 2. The summed E-state index contributed by atoms with van der Waals surface area (Å²) in [4.78, 5) is 12.4. The van der Waals surface area contributed by atoms with Crippen LogP contribution in [0.2, 0.25) is 0 Å². The number of methoxy groups -OCH3 is 1. The van der Waals surface area contributed by atoms with Crippen molar-refractivity contribution >= 4 is 5.78 Å². The number of rotatable bonds is 1. The number of carbonyl (C=O) groups excluding carboxylic acids is 1. The molecule has 0 unspecified atom stereocenters. The van der Waals surface area contributed by atoms with Crippen molar-refractivity contribution in [1.82, 2.24) is 0 Å². The molecule has 0 heterocycles. The van der Waals surface area contributed by atoms with Crippen LogP contribution in [-0.2, 0) is 6.42 Å². The van der Waals surface area contributed by atoms with Gasteiger partial charge in [0.2, 0.25) is 0 Å². The highest BCUT2D eigenvalue weighted by molar-refractivity contribution is 6.14. The molecule has 18 heavy (non-hydrogen) atoms. The zero-order valence-electron chi connectivity index (χ0n) is 9.93. The highest BCUT2D eigenvalue weighted by atomic mass is 16.5. The van der Waals surface area contributed by atoms with Crippen molar-refractivity contribution in [3.05, 3.63) is 58.7 Å². The van der Waals surface area contributed by atoms with Crippen LogP contribution in [0.5, 0.6) is 11.5 Å². The van der Waals surface area contributed by atoms with Crippen molar-refractivity contribution in [2.24, 2.45) is 0 Å². The average molecular weight is 240 g/mol. The summed E-state index contributed by atoms with van der Waals surface area (Å²) in [5.41, 5.74) is 2.87. The van der Waals surface area contributed by atoms with E-state index in [9.17, 15) is 9.90 Å². The van der Waals surface area contributed by atoms with E-state index in [4.69, 9.17) is 4.74 Å². The first-order chi connectivity index (χ1) is 8.72. The smallest absolute Gasteiger partial charge is 0.197 e. The van der Waals surface area contributed by atoms with Crippen LogP contribution in [0.3, 0.4) is 0 Å². The van der Waals surface area contributed by atoms with Crippen LogP contribution in [0.1, 0.15) is 27.0 Å². The Morgan fingerprint density at radius 3 is 2.67 bits per heavy atom. The van der Waals surface area contributed by atoms with E-state index in [2.05, 4.69) is 0 Å². The Kier molecular flexibility index (Phi) is 2.33. The Hall–Kier alpha value is -2.29. The molecule has 3 heteroatoms. The van der Waals surface area contributed by atoms with E-state index in [1.807, 2.05) is 24.3 Å². The van der Waals surface area contributed by atoms with Crippen LogP contribution < -0.4 is 4.74 Å². The van der Waals surface area contributed by atoms with Crippen molar-refractivity contribution in [1.29, 1.82) is 0 Å². The van der Waals surface area contributed by atoms with Crippen molar-refractivity contribution in [2.45, 2.75) is 6.42 Å². The number of carbonyl (C=O) groups is 1. The summed E-state index contributed by atoms with van der Waals surface area (Å²) in [6, 6.07) is 11.0. The second-order valence-corrected chi connectivity index (χ2v) is 4.31. The van der Waals surface area contributed by atoms with Gasteiger partial charge in [0.25, 0.3) is 0 Å². The molecule has 2 aromatic rings. The summed E-state index contributed by atoms with van der Waals surface area (Å²) in [6.07, 6.45) is 0.662. The SMILES string of the molecule is COc1ccc2c(c1O)C(=O)c1ccccc1C2. The van der Waals surface area contributed by atoms with Gasteiger partial charge in [-0.2, -0.15) is 0 Å². The predicted molar refractivity (Wildman–Crippen MR) is 67.3 cm³/mol. The first kappa shape index (κ1) is 10.8. The second kappa shape index (κ2) is 3.88. The fourth-order valence-electron chi connectivity index (χ4n) is 2.42. The first-order valence-corrected chi connectivity index (χ1v) is 5.74. The lowest BCUT2D eigenvalue weighted by molar-refractivity contribution is 0.103. The van der Waals surface area contributed by atoms with E-state index in [0.717, 1.165) is 11.1 Å². The van der Waals surface area contributed by atoms with Crippen molar-refractivity contribution in [3.8, 4) is 11.5 Å². The number of hydrogen-bond donors (Lipinski definition) is 1. The van der Waals surface area contributed by atoms with E-state index in [0.29, 0.717) is 23.3 Å². The number of phenolic OH excluding ortho intramolecular Hbond substituents is 1. The lowest BCUT2D eigenvalue weighted by Crippen LogP contribution is -2.15. The largest absolute Gasteiger partial charge is 0.504 e. The van der Waals surface area contributed by atoms with Crippen LogP contribution in [0.15, 0.2) is 36.4 Å². The summed E-state index contributed by atoms with van der Waals surface area (Å²) in [5.74, 6) is 0.138. The third kappa shape index (κ3) is 1.40. The van der Waals surface area contributed by atoms with E-state index in [1.165, 1.54) is 7.11 Å². The predicted octanol–water partition coefficient (Wildman–Crippen LogP) is 2.54. The molecular weight excluding hydrogens is 228 g/mol. The molecule has 0 bridgehead atoms. The minimum absolute atomic E-state index is 0.0606.